The van der Waals surface area contributed by atoms with E-state index < -0.39 is 0 Å². The summed E-state index contributed by atoms with van der Waals surface area (Å²) in [6.45, 7) is 7.98. The highest BCUT2D eigenvalue weighted by molar-refractivity contribution is 9.10. The molecule has 138 valence electrons. The first-order valence-corrected chi connectivity index (χ1v) is 8.64. The number of nitrogen functional groups attached to an aromatic ring is 1. The SMILES string of the molecule is Cc1cc(Br)cc(NC(=O)CCCc2nc(C(C)(C)C)no2)c1N.Cl. The Bertz CT molecular complexity index is 741. The standard InChI is InChI=1S/C17H23BrN4O2.ClH/c1-10-8-11(18)9-12(15(10)19)20-13(23)6-5-7-14-21-16(22-24-14)17(2,3)4;/h8-9H,5-7,19H2,1-4H3,(H,20,23);1H. The molecule has 0 aliphatic carbocycles. The zero-order valence-electron chi connectivity index (χ0n) is 14.9. The van der Waals surface area contributed by atoms with E-state index in [4.69, 9.17) is 10.3 Å². The van der Waals surface area contributed by atoms with Crippen LogP contribution in [0, 0.1) is 6.92 Å². The molecule has 0 bridgehead atoms. The van der Waals surface area contributed by atoms with Crippen molar-refractivity contribution in [1.29, 1.82) is 0 Å². The Morgan fingerprint density at radius 2 is 2.04 bits per heavy atom. The van der Waals surface area contributed by atoms with Crippen molar-refractivity contribution < 1.29 is 9.32 Å². The lowest BCUT2D eigenvalue weighted by molar-refractivity contribution is -0.116. The van der Waals surface area contributed by atoms with Gasteiger partial charge in [-0.15, -0.1) is 12.4 Å². The van der Waals surface area contributed by atoms with Gasteiger partial charge in [0.1, 0.15) is 0 Å². The Morgan fingerprint density at radius 1 is 1.36 bits per heavy atom. The van der Waals surface area contributed by atoms with Crippen LogP contribution in [0.5, 0.6) is 0 Å². The summed E-state index contributed by atoms with van der Waals surface area (Å²) in [5.41, 5.74) is 7.97. The molecule has 1 aromatic heterocycles. The second-order valence-corrected chi connectivity index (χ2v) is 7.76. The van der Waals surface area contributed by atoms with Gasteiger partial charge >= 0.3 is 0 Å². The number of nitrogens with one attached hydrogen (secondary N) is 1. The molecule has 0 atom stereocenters. The van der Waals surface area contributed by atoms with E-state index in [1.54, 1.807) is 6.07 Å². The number of aromatic nitrogens is 2. The zero-order chi connectivity index (χ0) is 17.9. The summed E-state index contributed by atoms with van der Waals surface area (Å²) in [6.07, 6.45) is 1.56. The van der Waals surface area contributed by atoms with Crippen LogP contribution < -0.4 is 11.1 Å². The predicted octanol–water partition coefficient (Wildman–Crippen LogP) is 4.40. The lowest BCUT2D eigenvalue weighted by Crippen LogP contribution is -2.14. The fourth-order valence-electron chi connectivity index (χ4n) is 2.13. The third kappa shape index (κ3) is 6.01. The second kappa shape index (κ2) is 8.67. The number of aryl methyl sites for hydroxylation is 2. The van der Waals surface area contributed by atoms with Crippen molar-refractivity contribution in [2.75, 3.05) is 11.1 Å². The Balaban J connectivity index is 0.00000312. The molecule has 0 saturated carbocycles. The highest BCUT2D eigenvalue weighted by Crippen LogP contribution is 2.27. The Hall–Kier alpha value is -1.60. The maximum absolute atomic E-state index is 12.1. The minimum atomic E-state index is -0.144. The fraction of sp³-hybridized carbons (Fsp3) is 0.471. The molecule has 3 N–H and O–H groups in total. The summed E-state index contributed by atoms with van der Waals surface area (Å²) in [5.74, 6) is 1.15. The number of nitrogens with zero attached hydrogens (tertiary/aromatic N) is 2. The molecule has 0 saturated heterocycles. The number of amides is 1. The molecule has 8 heteroatoms. The van der Waals surface area contributed by atoms with E-state index in [1.807, 2.05) is 33.8 Å². The number of carbonyl (C=O) groups is 1. The average molecular weight is 432 g/mol. The van der Waals surface area contributed by atoms with Gasteiger partial charge in [-0.1, -0.05) is 41.9 Å². The zero-order valence-corrected chi connectivity index (χ0v) is 17.3. The van der Waals surface area contributed by atoms with E-state index in [0.717, 1.165) is 10.0 Å². The quantitative estimate of drug-likeness (QED) is 0.684. The van der Waals surface area contributed by atoms with Crippen LogP contribution in [0.25, 0.3) is 0 Å². The molecule has 0 unspecified atom stereocenters. The molecular weight excluding hydrogens is 408 g/mol. The number of carbonyl (C=O) groups excluding carboxylic acids is 1. The summed E-state index contributed by atoms with van der Waals surface area (Å²) in [5, 5.41) is 6.82. The van der Waals surface area contributed by atoms with Gasteiger partial charge in [0.2, 0.25) is 11.8 Å². The van der Waals surface area contributed by atoms with Crippen LogP contribution >= 0.6 is 28.3 Å². The van der Waals surface area contributed by atoms with Crippen molar-refractivity contribution in [3.63, 3.8) is 0 Å². The predicted molar refractivity (Wildman–Crippen MR) is 105 cm³/mol. The first kappa shape index (κ1) is 21.4. The molecule has 2 aromatic rings. The van der Waals surface area contributed by atoms with Crippen molar-refractivity contribution >= 4 is 45.6 Å². The maximum Gasteiger partial charge on any atom is 0.226 e. The highest BCUT2D eigenvalue weighted by atomic mass is 79.9. The van der Waals surface area contributed by atoms with Gasteiger partial charge in [0, 0.05) is 22.7 Å². The number of hydrogen-bond acceptors (Lipinski definition) is 5. The summed E-state index contributed by atoms with van der Waals surface area (Å²) in [7, 11) is 0. The van der Waals surface area contributed by atoms with Crippen LogP contribution in [0.2, 0.25) is 0 Å². The molecule has 0 aliphatic rings. The van der Waals surface area contributed by atoms with Crippen LogP contribution in [0.3, 0.4) is 0 Å². The van der Waals surface area contributed by atoms with Gasteiger partial charge in [-0.3, -0.25) is 4.79 Å². The lowest BCUT2D eigenvalue weighted by Gasteiger charge is -2.11. The topological polar surface area (TPSA) is 94.0 Å². The van der Waals surface area contributed by atoms with Crippen LogP contribution in [0.4, 0.5) is 11.4 Å². The van der Waals surface area contributed by atoms with Gasteiger partial charge in [-0.05, 0) is 31.0 Å². The molecule has 6 nitrogen and oxygen atoms in total. The van der Waals surface area contributed by atoms with Crippen molar-refractivity contribution in [2.45, 2.75) is 52.4 Å². The molecule has 0 spiro atoms. The van der Waals surface area contributed by atoms with E-state index in [1.165, 1.54) is 0 Å². The molecule has 0 radical (unpaired) electrons. The number of nitrogens with two attached hydrogens (primary N) is 1. The van der Waals surface area contributed by atoms with E-state index in [9.17, 15) is 4.79 Å². The molecule has 25 heavy (non-hydrogen) atoms. The molecule has 1 aromatic carbocycles. The second-order valence-electron chi connectivity index (χ2n) is 6.85. The van der Waals surface area contributed by atoms with Crippen molar-refractivity contribution in [1.82, 2.24) is 10.1 Å². The minimum absolute atomic E-state index is 0. The third-order valence-corrected chi connectivity index (χ3v) is 4.02. The number of hydrogen-bond donors (Lipinski definition) is 2. The van der Waals surface area contributed by atoms with Gasteiger partial charge in [-0.25, -0.2) is 0 Å². The normalized spacial score (nSPS) is 11.1. The summed E-state index contributed by atoms with van der Waals surface area (Å²) < 4.78 is 6.10. The van der Waals surface area contributed by atoms with E-state index in [2.05, 4.69) is 31.4 Å². The molecule has 1 amide bonds. The number of rotatable bonds is 5. The van der Waals surface area contributed by atoms with E-state index in [-0.39, 0.29) is 23.7 Å². The molecule has 1 heterocycles. The number of benzene rings is 1. The number of anilines is 2. The largest absolute Gasteiger partial charge is 0.397 e. The molecular formula is C17H24BrClN4O2. The van der Waals surface area contributed by atoms with Crippen molar-refractivity contribution in [3.8, 4) is 0 Å². The van der Waals surface area contributed by atoms with Gasteiger partial charge in [0.15, 0.2) is 5.82 Å². The first-order valence-electron chi connectivity index (χ1n) is 7.85. The van der Waals surface area contributed by atoms with Crippen LogP contribution in [0.15, 0.2) is 21.1 Å². The van der Waals surface area contributed by atoms with E-state index >= 15 is 0 Å². The number of halogens is 2. The lowest BCUT2D eigenvalue weighted by atomic mass is 9.96. The van der Waals surface area contributed by atoms with Gasteiger partial charge in [0.05, 0.1) is 11.4 Å². The monoisotopic (exact) mass is 430 g/mol. The fourth-order valence-corrected chi connectivity index (χ4v) is 2.70. The Labute approximate surface area is 162 Å². The van der Waals surface area contributed by atoms with Gasteiger partial charge in [-0.2, -0.15) is 4.98 Å². The molecule has 0 aliphatic heterocycles. The first-order chi connectivity index (χ1) is 11.2. The van der Waals surface area contributed by atoms with E-state index in [0.29, 0.717) is 42.4 Å². The summed E-state index contributed by atoms with van der Waals surface area (Å²) >= 11 is 3.40. The van der Waals surface area contributed by atoms with Crippen molar-refractivity contribution in [3.05, 3.63) is 33.9 Å². The van der Waals surface area contributed by atoms with Gasteiger partial charge < -0.3 is 15.6 Å². The Morgan fingerprint density at radius 3 is 2.64 bits per heavy atom. The van der Waals surface area contributed by atoms with Gasteiger partial charge in [0.25, 0.3) is 0 Å². The maximum atomic E-state index is 12.1. The third-order valence-electron chi connectivity index (χ3n) is 3.56. The Kier molecular flexibility index (Phi) is 7.44. The minimum Gasteiger partial charge on any atom is -0.397 e. The highest BCUT2D eigenvalue weighted by Gasteiger charge is 2.20. The summed E-state index contributed by atoms with van der Waals surface area (Å²) in [4.78, 5) is 16.5. The molecule has 0 fully saturated rings. The smallest absolute Gasteiger partial charge is 0.226 e. The summed E-state index contributed by atoms with van der Waals surface area (Å²) in [6, 6.07) is 3.71. The molecule has 2 rings (SSSR count). The van der Waals surface area contributed by atoms with Crippen molar-refractivity contribution in [2.24, 2.45) is 0 Å². The average Bonchev–Trinajstić information content (AvgIpc) is 2.93. The van der Waals surface area contributed by atoms with Crippen LogP contribution in [-0.4, -0.2) is 16.0 Å². The van der Waals surface area contributed by atoms with Crippen LogP contribution in [-0.2, 0) is 16.6 Å². The van der Waals surface area contributed by atoms with Crippen LogP contribution in [0.1, 0.15) is 50.9 Å².